The van der Waals surface area contributed by atoms with Gasteiger partial charge in [0, 0.05) is 26.2 Å². The minimum atomic E-state index is -0.866. The first-order chi connectivity index (χ1) is 8.99. The molecule has 2 atom stereocenters. The van der Waals surface area contributed by atoms with E-state index >= 15 is 0 Å². The fraction of sp³-hybridized carbons (Fsp3) is 0.846. The summed E-state index contributed by atoms with van der Waals surface area (Å²) in [6.45, 7) is 8.84. The summed E-state index contributed by atoms with van der Waals surface area (Å²) in [6.07, 6.45) is -0.332. The lowest BCUT2D eigenvalue weighted by Crippen LogP contribution is -2.53. The summed E-state index contributed by atoms with van der Waals surface area (Å²) >= 11 is 0. The lowest BCUT2D eigenvalue weighted by molar-refractivity contribution is -0.144. The second-order valence-electron chi connectivity index (χ2n) is 4.77. The number of aliphatic carboxylic acids is 1. The van der Waals surface area contributed by atoms with Crippen LogP contribution in [0.15, 0.2) is 0 Å². The molecule has 1 fully saturated rings. The number of ether oxygens (including phenoxy) is 1. The van der Waals surface area contributed by atoms with Crippen molar-refractivity contribution in [1.29, 1.82) is 0 Å². The maximum Gasteiger partial charge on any atom is 0.306 e. The van der Waals surface area contributed by atoms with Crippen LogP contribution < -0.4 is 0 Å². The average Bonchev–Trinajstić information content (AvgIpc) is 2.38. The molecule has 1 N–H and O–H groups in total. The molecule has 1 amide bonds. The monoisotopic (exact) mass is 272 g/mol. The van der Waals surface area contributed by atoms with E-state index in [1.165, 1.54) is 0 Å². The van der Waals surface area contributed by atoms with Crippen molar-refractivity contribution in [3.63, 3.8) is 0 Å². The Kier molecular flexibility index (Phi) is 6.24. The van der Waals surface area contributed by atoms with Crippen molar-refractivity contribution in [1.82, 2.24) is 9.80 Å². The van der Waals surface area contributed by atoms with Crippen LogP contribution in [0.5, 0.6) is 0 Å². The van der Waals surface area contributed by atoms with E-state index in [-0.39, 0.29) is 24.5 Å². The van der Waals surface area contributed by atoms with E-state index in [0.29, 0.717) is 32.8 Å². The predicted octanol–water partition coefficient (Wildman–Crippen LogP) is 0.419. The van der Waals surface area contributed by atoms with Gasteiger partial charge in [0.2, 0.25) is 5.91 Å². The zero-order chi connectivity index (χ0) is 14.4. The molecule has 1 aliphatic rings. The zero-order valence-corrected chi connectivity index (χ0v) is 12.0. The van der Waals surface area contributed by atoms with Gasteiger partial charge in [0.05, 0.1) is 25.2 Å². The zero-order valence-electron chi connectivity index (χ0n) is 12.0. The van der Waals surface area contributed by atoms with E-state index in [2.05, 4.69) is 0 Å². The van der Waals surface area contributed by atoms with Gasteiger partial charge in [-0.2, -0.15) is 0 Å². The van der Waals surface area contributed by atoms with Gasteiger partial charge in [0.1, 0.15) is 0 Å². The Balaban J connectivity index is 2.58. The molecule has 6 heteroatoms. The van der Waals surface area contributed by atoms with Crippen LogP contribution in [0.1, 0.15) is 27.2 Å². The molecule has 110 valence electrons. The largest absolute Gasteiger partial charge is 0.481 e. The molecule has 1 heterocycles. The van der Waals surface area contributed by atoms with Crippen molar-refractivity contribution >= 4 is 11.9 Å². The summed E-state index contributed by atoms with van der Waals surface area (Å²) in [5.41, 5.74) is 0. The Bertz CT molecular complexity index is 318. The third kappa shape index (κ3) is 4.47. The van der Waals surface area contributed by atoms with Crippen LogP contribution in [-0.2, 0) is 14.3 Å². The summed E-state index contributed by atoms with van der Waals surface area (Å²) in [7, 11) is 0. The number of hydrogen-bond acceptors (Lipinski definition) is 4. The molecule has 0 aromatic carbocycles. The maximum atomic E-state index is 12.3. The Morgan fingerprint density at radius 2 is 2.05 bits per heavy atom. The van der Waals surface area contributed by atoms with E-state index in [1.807, 2.05) is 25.7 Å². The number of amides is 1. The number of morpholine rings is 1. The van der Waals surface area contributed by atoms with E-state index < -0.39 is 5.97 Å². The van der Waals surface area contributed by atoms with Gasteiger partial charge in [0.25, 0.3) is 0 Å². The normalized spacial score (nSPS) is 21.9. The average molecular weight is 272 g/mol. The molecule has 1 saturated heterocycles. The van der Waals surface area contributed by atoms with E-state index in [1.54, 1.807) is 4.90 Å². The second kappa shape index (κ2) is 7.45. The molecule has 1 aliphatic heterocycles. The van der Waals surface area contributed by atoms with Crippen LogP contribution >= 0.6 is 0 Å². The van der Waals surface area contributed by atoms with Gasteiger partial charge in [0.15, 0.2) is 0 Å². The maximum absolute atomic E-state index is 12.3. The van der Waals surface area contributed by atoms with E-state index in [9.17, 15) is 9.59 Å². The number of nitrogens with zero attached hydrogens (tertiary/aromatic N) is 2. The van der Waals surface area contributed by atoms with Crippen LogP contribution in [0, 0.1) is 0 Å². The Hall–Kier alpha value is -1.14. The fourth-order valence-electron chi connectivity index (χ4n) is 2.37. The first kappa shape index (κ1) is 15.9. The minimum absolute atomic E-state index is 0.0112. The summed E-state index contributed by atoms with van der Waals surface area (Å²) in [4.78, 5) is 26.8. The number of rotatable bonds is 6. The standard InChI is InChI=1S/C13H24N2O4/c1-4-14(5-2)13(18)10(3)15-6-7-19-11(9-15)8-12(16)17/h10-11H,4-9H2,1-3H3,(H,16,17). The lowest BCUT2D eigenvalue weighted by atomic mass is 10.1. The van der Waals surface area contributed by atoms with Crippen molar-refractivity contribution < 1.29 is 19.4 Å². The molecule has 0 radical (unpaired) electrons. The number of carboxylic acid groups (broad SMARTS) is 1. The molecule has 2 unspecified atom stereocenters. The number of likely N-dealkylation sites (N-methyl/N-ethyl adjacent to an activating group) is 1. The fourth-order valence-corrected chi connectivity index (χ4v) is 2.37. The molecular formula is C13H24N2O4. The van der Waals surface area contributed by atoms with Gasteiger partial charge in [-0.1, -0.05) is 0 Å². The molecule has 1 rings (SSSR count). The van der Waals surface area contributed by atoms with Crippen molar-refractivity contribution in [2.24, 2.45) is 0 Å². The SMILES string of the molecule is CCN(CC)C(=O)C(C)N1CCOC(CC(=O)O)C1. The summed E-state index contributed by atoms with van der Waals surface area (Å²) in [5, 5.41) is 8.79. The van der Waals surface area contributed by atoms with Gasteiger partial charge in [-0.15, -0.1) is 0 Å². The molecule has 0 bridgehead atoms. The van der Waals surface area contributed by atoms with Gasteiger partial charge in [-0.3, -0.25) is 14.5 Å². The molecule has 0 aliphatic carbocycles. The number of hydrogen-bond donors (Lipinski definition) is 1. The molecule has 0 saturated carbocycles. The second-order valence-corrected chi connectivity index (χ2v) is 4.77. The highest BCUT2D eigenvalue weighted by atomic mass is 16.5. The van der Waals surface area contributed by atoms with Crippen LogP contribution in [0.25, 0.3) is 0 Å². The summed E-state index contributed by atoms with van der Waals surface area (Å²) in [6, 6.07) is -0.222. The molecule has 0 spiro atoms. The Morgan fingerprint density at radius 1 is 1.42 bits per heavy atom. The van der Waals surface area contributed by atoms with Crippen LogP contribution in [0.2, 0.25) is 0 Å². The van der Waals surface area contributed by atoms with Crippen LogP contribution in [0.3, 0.4) is 0 Å². The number of carbonyl (C=O) groups excluding carboxylic acids is 1. The molecule has 0 aromatic rings. The van der Waals surface area contributed by atoms with Crippen LogP contribution in [-0.4, -0.2) is 71.7 Å². The van der Waals surface area contributed by atoms with Gasteiger partial charge < -0.3 is 14.7 Å². The molecule has 19 heavy (non-hydrogen) atoms. The quantitative estimate of drug-likeness (QED) is 0.759. The summed E-state index contributed by atoms with van der Waals surface area (Å²) < 4.78 is 5.41. The third-order valence-corrected chi connectivity index (χ3v) is 3.55. The minimum Gasteiger partial charge on any atom is -0.481 e. The Morgan fingerprint density at radius 3 is 2.58 bits per heavy atom. The molecular weight excluding hydrogens is 248 g/mol. The summed E-state index contributed by atoms with van der Waals surface area (Å²) in [5.74, 6) is -0.768. The number of carbonyl (C=O) groups is 2. The Labute approximate surface area is 114 Å². The topological polar surface area (TPSA) is 70.1 Å². The highest BCUT2D eigenvalue weighted by molar-refractivity contribution is 5.81. The van der Waals surface area contributed by atoms with Gasteiger partial charge >= 0.3 is 5.97 Å². The highest BCUT2D eigenvalue weighted by Crippen LogP contribution is 2.13. The van der Waals surface area contributed by atoms with Crippen LogP contribution in [0.4, 0.5) is 0 Å². The van der Waals surface area contributed by atoms with E-state index in [4.69, 9.17) is 9.84 Å². The van der Waals surface area contributed by atoms with Crippen molar-refractivity contribution in [3.05, 3.63) is 0 Å². The van der Waals surface area contributed by atoms with Gasteiger partial charge in [-0.25, -0.2) is 0 Å². The third-order valence-electron chi connectivity index (χ3n) is 3.55. The predicted molar refractivity (Wildman–Crippen MR) is 71.0 cm³/mol. The first-order valence-electron chi connectivity index (χ1n) is 6.85. The smallest absolute Gasteiger partial charge is 0.306 e. The lowest BCUT2D eigenvalue weighted by Gasteiger charge is -2.37. The van der Waals surface area contributed by atoms with Crippen molar-refractivity contribution in [2.75, 3.05) is 32.8 Å². The molecule has 6 nitrogen and oxygen atoms in total. The highest BCUT2D eigenvalue weighted by Gasteiger charge is 2.30. The van der Waals surface area contributed by atoms with Crippen molar-refractivity contribution in [3.8, 4) is 0 Å². The van der Waals surface area contributed by atoms with Crippen molar-refractivity contribution in [2.45, 2.75) is 39.3 Å². The van der Waals surface area contributed by atoms with Gasteiger partial charge in [-0.05, 0) is 20.8 Å². The molecule has 0 aromatic heterocycles. The number of carboxylic acids is 1. The van der Waals surface area contributed by atoms with E-state index in [0.717, 1.165) is 0 Å². The first-order valence-corrected chi connectivity index (χ1v) is 6.85.